The Bertz CT molecular complexity index is 427. The number of rotatable bonds is 3. The molecule has 0 radical (unpaired) electrons. The summed E-state index contributed by atoms with van der Waals surface area (Å²) in [6, 6.07) is 6.40. The molecule has 0 aliphatic heterocycles. The molecule has 1 fully saturated rings. The largest absolute Gasteiger partial charge is 0.490 e. The first-order valence-electron chi connectivity index (χ1n) is 7.50. The smallest absolute Gasteiger partial charge is 0.122 e. The fourth-order valence-electron chi connectivity index (χ4n) is 2.87. The quantitative estimate of drug-likeness (QED) is 0.884. The predicted molar refractivity (Wildman–Crippen MR) is 80.4 cm³/mol. The minimum absolute atomic E-state index is 0.0864. The van der Waals surface area contributed by atoms with Crippen LogP contribution in [0.25, 0.3) is 0 Å². The number of hydrogen-bond acceptors (Lipinski definition) is 2. The molecular formula is C17H27NO. The van der Waals surface area contributed by atoms with Crippen molar-refractivity contribution >= 4 is 0 Å². The first-order valence-corrected chi connectivity index (χ1v) is 7.50. The van der Waals surface area contributed by atoms with Gasteiger partial charge in [-0.3, -0.25) is 0 Å². The van der Waals surface area contributed by atoms with Gasteiger partial charge in [0.05, 0.1) is 6.10 Å². The zero-order valence-electron chi connectivity index (χ0n) is 12.6. The van der Waals surface area contributed by atoms with Crippen LogP contribution in [0.15, 0.2) is 18.2 Å². The molecule has 0 aromatic heterocycles. The monoisotopic (exact) mass is 261 g/mol. The molecule has 2 rings (SSSR count). The standard InChI is InChI=1S/C17H27NO/c1-11-5-7-16(10-12(11)2)19-17-8-6-15(14(4)18)9-13(17)3/h6,8-9,11-12,14,16H,5,7,10,18H2,1-4H3. The van der Waals surface area contributed by atoms with Crippen molar-refractivity contribution in [2.75, 3.05) is 0 Å². The van der Waals surface area contributed by atoms with E-state index in [-0.39, 0.29) is 6.04 Å². The van der Waals surface area contributed by atoms with Gasteiger partial charge in [0.2, 0.25) is 0 Å². The Morgan fingerprint density at radius 2 is 1.95 bits per heavy atom. The maximum absolute atomic E-state index is 6.20. The molecule has 2 nitrogen and oxygen atoms in total. The molecule has 0 spiro atoms. The van der Waals surface area contributed by atoms with Crippen LogP contribution < -0.4 is 10.5 Å². The van der Waals surface area contributed by atoms with E-state index in [1.807, 2.05) is 6.92 Å². The lowest BCUT2D eigenvalue weighted by molar-refractivity contribution is 0.0999. The summed E-state index contributed by atoms with van der Waals surface area (Å²) in [6.07, 6.45) is 4.02. The average molecular weight is 261 g/mol. The van der Waals surface area contributed by atoms with Crippen molar-refractivity contribution < 1.29 is 4.74 Å². The summed E-state index contributed by atoms with van der Waals surface area (Å²) >= 11 is 0. The molecule has 106 valence electrons. The molecule has 4 unspecified atom stereocenters. The van der Waals surface area contributed by atoms with Crippen molar-refractivity contribution in [3.8, 4) is 5.75 Å². The van der Waals surface area contributed by atoms with Gasteiger partial charge in [-0.2, -0.15) is 0 Å². The number of aryl methyl sites for hydroxylation is 1. The van der Waals surface area contributed by atoms with E-state index in [2.05, 4.69) is 39.0 Å². The second-order valence-corrected chi connectivity index (χ2v) is 6.32. The summed E-state index contributed by atoms with van der Waals surface area (Å²) in [5.41, 5.74) is 8.28. The summed E-state index contributed by atoms with van der Waals surface area (Å²) in [7, 11) is 0. The van der Waals surface area contributed by atoms with Crippen LogP contribution in [0.1, 0.15) is 57.2 Å². The molecular weight excluding hydrogens is 234 g/mol. The van der Waals surface area contributed by atoms with E-state index in [9.17, 15) is 0 Å². The molecule has 1 aromatic rings. The van der Waals surface area contributed by atoms with Crippen LogP contribution >= 0.6 is 0 Å². The first kappa shape index (κ1) is 14.4. The third-order valence-electron chi connectivity index (χ3n) is 4.57. The highest BCUT2D eigenvalue weighted by molar-refractivity contribution is 5.37. The van der Waals surface area contributed by atoms with Gasteiger partial charge in [-0.05, 0) is 62.1 Å². The van der Waals surface area contributed by atoms with Crippen LogP contribution in [-0.4, -0.2) is 6.10 Å². The van der Waals surface area contributed by atoms with E-state index in [0.717, 1.165) is 17.6 Å². The topological polar surface area (TPSA) is 35.2 Å². The molecule has 2 N–H and O–H groups in total. The van der Waals surface area contributed by atoms with Gasteiger partial charge < -0.3 is 10.5 Å². The highest BCUT2D eigenvalue weighted by atomic mass is 16.5. The molecule has 0 saturated heterocycles. The lowest BCUT2D eigenvalue weighted by atomic mass is 9.80. The maximum Gasteiger partial charge on any atom is 0.122 e. The minimum atomic E-state index is 0.0864. The van der Waals surface area contributed by atoms with Crippen molar-refractivity contribution in [1.29, 1.82) is 0 Å². The number of ether oxygens (including phenoxy) is 1. The Balaban J connectivity index is 2.03. The molecule has 19 heavy (non-hydrogen) atoms. The van der Waals surface area contributed by atoms with Gasteiger partial charge in [-0.25, -0.2) is 0 Å². The zero-order chi connectivity index (χ0) is 14.0. The third kappa shape index (κ3) is 3.50. The van der Waals surface area contributed by atoms with Crippen LogP contribution in [0.5, 0.6) is 5.75 Å². The van der Waals surface area contributed by atoms with E-state index in [4.69, 9.17) is 10.5 Å². The van der Waals surface area contributed by atoms with Crippen LogP contribution in [0.2, 0.25) is 0 Å². The summed E-state index contributed by atoms with van der Waals surface area (Å²) in [4.78, 5) is 0. The second kappa shape index (κ2) is 5.96. The fourth-order valence-corrected chi connectivity index (χ4v) is 2.87. The van der Waals surface area contributed by atoms with Crippen molar-refractivity contribution in [1.82, 2.24) is 0 Å². The van der Waals surface area contributed by atoms with Crippen molar-refractivity contribution in [2.45, 2.75) is 59.1 Å². The Morgan fingerprint density at radius 3 is 2.53 bits per heavy atom. The number of nitrogens with two attached hydrogens (primary N) is 1. The SMILES string of the molecule is Cc1cc(C(C)N)ccc1OC1CCC(C)C(C)C1. The van der Waals surface area contributed by atoms with Crippen LogP contribution in [-0.2, 0) is 0 Å². The Kier molecular flexibility index (Phi) is 4.51. The van der Waals surface area contributed by atoms with Gasteiger partial charge in [0.15, 0.2) is 0 Å². The van der Waals surface area contributed by atoms with Crippen molar-refractivity contribution in [3.63, 3.8) is 0 Å². The van der Waals surface area contributed by atoms with E-state index in [0.29, 0.717) is 6.10 Å². The minimum Gasteiger partial charge on any atom is -0.490 e. The average Bonchev–Trinajstić information content (AvgIpc) is 2.36. The number of benzene rings is 1. The molecule has 0 heterocycles. The van der Waals surface area contributed by atoms with Gasteiger partial charge in [0.25, 0.3) is 0 Å². The van der Waals surface area contributed by atoms with Gasteiger partial charge in [-0.1, -0.05) is 26.0 Å². The summed E-state index contributed by atoms with van der Waals surface area (Å²) in [5.74, 6) is 2.62. The van der Waals surface area contributed by atoms with E-state index >= 15 is 0 Å². The highest BCUT2D eigenvalue weighted by Crippen LogP contribution is 2.33. The number of hydrogen-bond donors (Lipinski definition) is 1. The van der Waals surface area contributed by atoms with Crippen LogP contribution in [0.4, 0.5) is 0 Å². The fraction of sp³-hybridized carbons (Fsp3) is 0.647. The summed E-state index contributed by atoms with van der Waals surface area (Å²) in [5, 5.41) is 0. The van der Waals surface area contributed by atoms with Gasteiger partial charge in [-0.15, -0.1) is 0 Å². The molecule has 1 aliphatic carbocycles. The molecule has 4 atom stereocenters. The third-order valence-corrected chi connectivity index (χ3v) is 4.57. The van der Waals surface area contributed by atoms with E-state index in [1.54, 1.807) is 0 Å². The van der Waals surface area contributed by atoms with Crippen molar-refractivity contribution in [3.05, 3.63) is 29.3 Å². The summed E-state index contributed by atoms with van der Waals surface area (Å²) in [6.45, 7) is 8.81. The maximum atomic E-state index is 6.20. The normalized spacial score (nSPS) is 29.0. The predicted octanol–water partition coefficient (Wildman–Crippen LogP) is 4.22. The van der Waals surface area contributed by atoms with Crippen molar-refractivity contribution in [2.24, 2.45) is 17.6 Å². The van der Waals surface area contributed by atoms with E-state index in [1.165, 1.54) is 30.4 Å². The lowest BCUT2D eigenvalue weighted by Gasteiger charge is -2.32. The molecule has 1 aromatic carbocycles. The van der Waals surface area contributed by atoms with Crippen LogP contribution in [0.3, 0.4) is 0 Å². The Morgan fingerprint density at radius 1 is 1.21 bits per heavy atom. The molecule has 1 saturated carbocycles. The summed E-state index contributed by atoms with van der Waals surface area (Å²) < 4.78 is 6.20. The molecule has 1 aliphatic rings. The van der Waals surface area contributed by atoms with Gasteiger partial charge >= 0.3 is 0 Å². The van der Waals surface area contributed by atoms with Gasteiger partial charge in [0, 0.05) is 6.04 Å². The van der Waals surface area contributed by atoms with Gasteiger partial charge in [0.1, 0.15) is 5.75 Å². The Labute approximate surface area is 117 Å². The van der Waals surface area contributed by atoms with E-state index < -0.39 is 0 Å². The first-order chi connectivity index (χ1) is 8.97. The lowest BCUT2D eigenvalue weighted by Crippen LogP contribution is -2.29. The van der Waals surface area contributed by atoms with Crippen LogP contribution in [0, 0.1) is 18.8 Å². The molecule has 0 amide bonds. The highest BCUT2D eigenvalue weighted by Gasteiger charge is 2.26. The molecule has 0 bridgehead atoms. The molecule has 2 heteroatoms. The second-order valence-electron chi connectivity index (χ2n) is 6.32. The Hall–Kier alpha value is -1.02. The zero-order valence-corrected chi connectivity index (χ0v) is 12.6.